The van der Waals surface area contributed by atoms with Crippen LogP contribution in [-0.2, 0) is 4.79 Å². The summed E-state index contributed by atoms with van der Waals surface area (Å²) in [7, 11) is 0. The molecule has 2 aromatic carbocycles. The van der Waals surface area contributed by atoms with Gasteiger partial charge in [-0.15, -0.1) is 0 Å². The van der Waals surface area contributed by atoms with Gasteiger partial charge in [0, 0.05) is 18.5 Å². The molecule has 0 atom stereocenters. The predicted molar refractivity (Wildman–Crippen MR) is 94.6 cm³/mol. The van der Waals surface area contributed by atoms with Crippen molar-refractivity contribution in [3.05, 3.63) is 59.2 Å². The van der Waals surface area contributed by atoms with Gasteiger partial charge in [-0.25, -0.2) is 0 Å². The number of rotatable bonds is 4. The third-order valence-corrected chi connectivity index (χ3v) is 4.39. The highest BCUT2D eigenvalue weighted by Gasteiger charge is 2.34. The van der Waals surface area contributed by atoms with Crippen LogP contribution in [0.4, 0.5) is 0 Å². The number of ether oxygens (including phenoxy) is 2. The van der Waals surface area contributed by atoms with Crippen LogP contribution >= 0.6 is 0 Å². The number of hydrogen-bond donors (Lipinski definition) is 2. The van der Waals surface area contributed by atoms with Gasteiger partial charge in [0.05, 0.1) is 11.1 Å². The average Bonchev–Trinajstić information content (AvgIpc) is 3.28. The summed E-state index contributed by atoms with van der Waals surface area (Å²) < 4.78 is 10.4. The zero-order chi connectivity index (χ0) is 19.7. The fourth-order valence-corrected chi connectivity index (χ4v) is 2.95. The van der Waals surface area contributed by atoms with Gasteiger partial charge in [-0.3, -0.25) is 34.9 Å². The molecule has 2 aliphatic heterocycles. The fraction of sp³-hybridized carbons (Fsp3) is 0.158. The van der Waals surface area contributed by atoms with Crippen molar-refractivity contribution in [1.82, 2.24) is 15.8 Å². The number of hydrogen-bond acceptors (Lipinski definition) is 6. The summed E-state index contributed by atoms with van der Waals surface area (Å²) in [6, 6.07) is 11.1. The van der Waals surface area contributed by atoms with Crippen LogP contribution < -0.4 is 20.3 Å². The minimum Gasteiger partial charge on any atom is -0.454 e. The van der Waals surface area contributed by atoms with E-state index in [1.54, 1.807) is 30.3 Å². The Labute approximate surface area is 159 Å². The van der Waals surface area contributed by atoms with Gasteiger partial charge in [-0.05, 0) is 30.3 Å². The molecule has 0 aromatic heterocycles. The van der Waals surface area contributed by atoms with E-state index in [1.807, 2.05) is 0 Å². The Balaban J connectivity index is 1.29. The van der Waals surface area contributed by atoms with Gasteiger partial charge in [0.25, 0.3) is 17.7 Å². The number of nitrogens with zero attached hydrogens (tertiary/aromatic N) is 1. The SMILES string of the molecule is O=C(CCN1C(=O)c2ccccc2C1=O)NNC(=O)c1ccc2c(c1)OCO2. The van der Waals surface area contributed by atoms with Crippen molar-refractivity contribution in [2.45, 2.75) is 6.42 Å². The van der Waals surface area contributed by atoms with E-state index in [4.69, 9.17) is 9.47 Å². The van der Waals surface area contributed by atoms with Gasteiger partial charge in [-0.2, -0.15) is 0 Å². The van der Waals surface area contributed by atoms with E-state index in [2.05, 4.69) is 10.9 Å². The van der Waals surface area contributed by atoms with Gasteiger partial charge in [-0.1, -0.05) is 12.1 Å². The zero-order valence-electron chi connectivity index (χ0n) is 14.6. The molecule has 142 valence electrons. The molecule has 9 nitrogen and oxygen atoms in total. The summed E-state index contributed by atoms with van der Waals surface area (Å²) in [5.74, 6) is -0.945. The molecule has 2 aliphatic rings. The molecular weight excluding hydrogens is 366 g/mol. The van der Waals surface area contributed by atoms with Crippen LogP contribution in [0.15, 0.2) is 42.5 Å². The van der Waals surface area contributed by atoms with E-state index in [0.717, 1.165) is 4.90 Å². The normalized spacial score (nSPS) is 14.1. The van der Waals surface area contributed by atoms with E-state index >= 15 is 0 Å². The standard InChI is InChI=1S/C19H15N3O6/c23-16(7-8-22-18(25)12-3-1-2-4-13(12)19(22)26)20-21-17(24)11-5-6-14-15(9-11)28-10-27-14/h1-6,9H,7-8,10H2,(H,20,23)(H,21,24). The maximum atomic E-state index is 12.2. The Morgan fingerprint density at radius 1 is 0.929 bits per heavy atom. The quantitative estimate of drug-likeness (QED) is 0.600. The lowest BCUT2D eigenvalue weighted by atomic mass is 10.1. The molecule has 2 aromatic rings. The molecule has 4 rings (SSSR count). The van der Waals surface area contributed by atoms with E-state index in [0.29, 0.717) is 22.6 Å². The van der Waals surface area contributed by atoms with Crippen LogP contribution in [-0.4, -0.2) is 41.9 Å². The predicted octanol–water partition coefficient (Wildman–Crippen LogP) is 0.863. The number of carbonyl (C=O) groups is 4. The minimum atomic E-state index is -0.536. The topological polar surface area (TPSA) is 114 Å². The second kappa shape index (κ2) is 7.03. The molecule has 28 heavy (non-hydrogen) atoms. The number of nitrogens with one attached hydrogen (secondary N) is 2. The molecule has 0 saturated carbocycles. The van der Waals surface area contributed by atoms with Gasteiger partial charge >= 0.3 is 0 Å². The highest BCUT2D eigenvalue weighted by atomic mass is 16.7. The fourth-order valence-electron chi connectivity index (χ4n) is 2.95. The van der Waals surface area contributed by atoms with Crippen LogP contribution in [0.2, 0.25) is 0 Å². The number of amides is 4. The number of hydrazine groups is 1. The minimum absolute atomic E-state index is 0.0852. The molecule has 0 bridgehead atoms. The summed E-state index contributed by atoms with van der Waals surface area (Å²) in [6.45, 7) is 0.00697. The van der Waals surface area contributed by atoms with Crippen molar-refractivity contribution >= 4 is 23.6 Å². The first-order chi connectivity index (χ1) is 13.5. The second-order valence-corrected chi connectivity index (χ2v) is 6.13. The lowest BCUT2D eigenvalue weighted by molar-refractivity contribution is -0.121. The molecule has 0 radical (unpaired) electrons. The number of fused-ring (bicyclic) bond motifs is 2. The van der Waals surface area contributed by atoms with Crippen LogP contribution in [0.5, 0.6) is 11.5 Å². The van der Waals surface area contributed by atoms with Crippen LogP contribution in [0, 0.1) is 0 Å². The Kier molecular flexibility index (Phi) is 4.40. The first-order valence-corrected chi connectivity index (χ1v) is 8.48. The number of carbonyl (C=O) groups excluding carboxylic acids is 4. The Bertz CT molecular complexity index is 968. The second-order valence-electron chi connectivity index (χ2n) is 6.13. The monoisotopic (exact) mass is 381 g/mol. The molecule has 0 fully saturated rings. The third-order valence-electron chi connectivity index (χ3n) is 4.39. The molecule has 9 heteroatoms. The van der Waals surface area contributed by atoms with Crippen molar-refractivity contribution in [2.24, 2.45) is 0 Å². The molecule has 0 unspecified atom stereocenters. The Hall–Kier alpha value is -3.88. The van der Waals surface area contributed by atoms with Crippen LogP contribution in [0.3, 0.4) is 0 Å². The lowest BCUT2D eigenvalue weighted by Crippen LogP contribution is -2.43. The van der Waals surface area contributed by atoms with Gasteiger partial charge < -0.3 is 9.47 Å². The zero-order valence-corrected chi connectivity index (χ0v) is 14.6. The maximum Gasteiger partial charge on any atom is 0.269 e. The van der Waals surface area contributed by atoms with E-state index in [-0.39, 0.29) is 25.3 Å². The van der Waals surface area contributed by atoms with Crippen LogP contribution in [0.1, 0.15) is 37.5 Å². The van der Waals surface area contributed by atoms with Gasteiger partial charge in [0.1, 0.15) is 0 Å². The van der Waals surface area contributed by atoms with Crippen molar-refractivity contribution in [1.29, 1.82) is 0 Å². The summed E-state index contributed by atoms with van der Waals surface area (Å²) >= 11 is 0. The largest absolute Gasteiger partial charge is 0.454 e. The maximum absolute atomic E-state index is 12.2. The molecular formula is C19H15N3O6. The summed E-state index contributed by atoms with van der Waals surface area (Å²) in [5, 5.41) is 0. The molecule has 0 spiro atoms. The summed E-state index contributed by atoms with van der Waals surface area (Å²) in [5.41, 5.74) is 5.47. The first-order valence-electron chi connectivity index (χ1n) is 8.48. The first kappa shape index (κ1) is 17.5. The molecule has 2 heterocycles. The summed E-state index contributed by atoms with van der Waals surface area (Å²) in [4.78, 5) is 49.6. The van der Waals surface area contributed by atoms with Gasteiger partial charge in [0.2, 0.25) is 12.7 Å². The van der Waals surface area contributed by atoms with Crippen molar-refractivity contribution in [3.63, 3.8) is 0 Å². The van der Waals surface area contributed by atoms with Crippen molar-refractivity contribution < 1.29 is 28.7 Å². The van der Waals surface area contributed by atoms with E-state index < -0.39 is 23.6 Å². The Morgan fingerprint density at radius 3 is 2.32 bits per heavy atom. The lowest BCUT2D eigenvalue weighted by Gasteiger charge is -2.13. The number of imide groups is 1. The highest BCUT2D eigenvalue weighted by Crippen LogP contribution is 2.32. The Morgan fingerprint density at radius 2 is 1.61 bits per heavy atom. The summed E-state index contributed by atoms with van der Waals surface area (Å²) in [6.07, 6.45) is -0.146. The molecule has 0 aliphatic carbocycles. The molecule has 2 N–H and O–H groups in total. The van der Waals surface area contributed by atoms with E-state index in [1.165, 1.54) is 12.1 Å². The van der Waals surface area contributed by atoms with Crippen LogP contribution in [0.25, 0.3) is 0 Å². The van der Waals surface area contributed by atoms with E-state index in [9.17, 15) is 19.2 Å². The average molecular weight is 381 g/mol. The van der Waals surface area contributed by atoms with Gasteiger partial charge in [0.15, 0.2) is 11.5 Å². The molecule has 4 amide bonds. The third kappa shape index (κ3) is 3.13. The molecule has 0 saturated heterocycles. The highest BCUT2D eigenvalue weighted by molar-refractivity contribution is 6.21. The smallest absolute Gasteiger partial charge is 0.269 e. The van der Waals surface area contributed by atoms with Crippen molar-refractivity contribution in [3.8, 4) is 11.5 Å². The van der Waals surface area contributed by atoms with Crippen molar-refractivity contribution in [2.75, 3.05) is 13.3 Å². The number of benzene rings is 2.